The summed E-state index contributed by atoms with van der Waals surface area (Å²) >= 11 is 5.85. The van der Waals surface area contributed by atoms with Gasteiger partial charge >= 0.3 is 5.97 Å². The summed E-state index contributed by atoms with van der Waals surface area (Å²) in [6.45, 7) is 0.749. The van der Waals surface area contributed by atoms with E-state index in [-0.39, 0.29) is 31.0 Å². The van der Waals surface area contributed by atoms with Gasteiger partial charge in [-0.25, -0.2) is 0 Å². The van der Waals surface area contributed by atoms with Crippen molar-refractivity contribution in [2.45, 2.75) is 56.8 Å². The van der Waals surface area contributed by atoms with Crippen molar-refractivity contribution in [1.82, 2.24) is 0 Å². The molecule has 0 amide bonds. The van der Waals surface area contributed by atoms with Gasteiger partial charge in [0.15, 0.2) is 0 Å². The van der Waals surface area contributed by atoms with Crippen LogP contribution >= 0.6 is 11.6 Å². The summed E-state index contributed by atoms with van der Waals surface area (Å²) in [6, 6.07) is 6.96. The zero-order chi connectivity index (χ0) is 21.5. The maximum absolute atomic E-state index is 10.7. The first-order chi connectivity index (χ1) is 14.4. The predicted octanol–water partition coefficient (Wildman–Crippen LogP) is 3.68. The third-order valence-corrected chi connectivity index (χ3v) is 6.39. The summed E-state index contributed by atoms with van der Waals surface area (Å²) < 4.78 is 11.7. The van der Waals surface area contributed by atoms with Gasteiger partial charge in [-0.05, 0) is 61.8 Å². The summed E-state index contributed by atoms with van der Waals surface area (Å²) in [4.78, 5) is 10.7. The van der Waals surface area contributed by atoms with E-state index in [1.807, 2.05) is 6.08 Å². The van der Waals surface area contributed by atoms with Gasteiger partial charge < -0.3 is 24.8 Å². The molecular formula is C23H31ClO6. The Kier molecular flexibility index (Phi) is 8.57. The molecule has 1 heterocycles. The van der Waals surface area contributed by atoms with E-state index in [0.717, 1.165) is 19.3 Å². The standard InChI is InChI=1S/C23H31ClO6/c24-16-5-8-18(9-6-16)29-14-17(25)7-11-19-20-10-4-15(2-1-3-23(27)28)13-30-22(20)12-21(19)26/h5-9,11,15,17,19-22,25-26H,1-4,10,12-14H2,(H,27,28)/t15-,17+,19+,20+,21+,22-/m0/s1. The van der Waals surface area contributed by atoms with Crippen LogP contribution in [0.3, 0.4) is 0 Å². The number of fused-ring (bicyclic) bond motifs is 1. The molecule has 166 valence electrons. The number of hydrogen-bond donors (Lipinski definition) is 3. The number of carboxylic acids is 1. The fourth-order valence-electron chi connectivity index (χ4n) is 4.51. The number of benzene rings is 1. The molecule has 1 aliphatic carbocycles. The molecule has 0 unspecified atom stereocenters. The van der Waals surface area contributed by atoms with Crippen molar-refractivity contribution in [2.75, 3.05) is 13.2 Å². The molecule has 1 aromatic rings. The minimum absolute atomic E-state index is 0.0154. The topological polar surface area (TPSA) is 96.2 Å². The van der Waals surface area contributed by atoms with Crippen LogP contribution < -0.4 is 4.74 Å². The number of aliphatic hydroxyl groups is 2. The predicted molar refractivity (Wildman–Crippen MR) is 114 cm³/mol. The lowest BCUT2D eigenvalue weighted by Gasteiger charge is -2.21. The van der Waals surface area contributed by atoms with Gasteiger partial charge in [0.05, 0.1) is 12.2 Å². The Morgan fingerprint density at radius 2 is 2.07 bits per heavy atom. The summed E-state index contributed by atoms with van der Waals surface area (Å²) in [5.41, 5.74) is 0. The lowest BCUT2D eigenvalue weighted by atomic mass is 9.86. The molecule has 1 aliphatic heterocycles. The van der Waals surface area contributed by atoms with Crippen LogP contribution in [0, 0.1) is 17.8 Å². The number of hydrogen-bond acceptors (Lipinski definition) is 5. The summed E-state index contributed by atoms with van der Waals surface area (Å²) in [7, 11) is 0. The van der Waals surface area contributed by atoms with Crippen molar-refractivity contribution in [2.24, 2.45) is 17.8 Å². The van der Waals surface area contributed by atoms with Gasteiger partial charge in [-0.15, -0.1) is 0 Å². The highest BCUT2D eigenvalue weighted by molar-refractivity contribution is 6.30. The Balaban J connectivity index is 1.48. The molecule has 30 heavy (non-hydrogen) atoms. The van der Waals surface area contributed by atoms with Crippen molar-refractivity contribution < 1.29 is 29.6 Å². The molecule has 3 N–H and O–H groups in total. The van der Waals surface area contributed by atoms with Crippen LogP contribution in [0.4, 0.5) is 0 Å². The van der Waals surface area contributed by atoms with Crippen molar-refractivity contribution >= 4 is 17.6 Å². The monoisotopic (exact) mass is 438 g/mol. The van der Waals surface area contributed by atoms with Crippen molar-refractivity contribution in [3.8, 4) is 5.75 Å². The summed E-state index contributed by atoms with van der Waals surface area (Å²) in [6.07, 6.45) is 6.59. The van der Waals surface area contributed by atoms with E-state index in [9.17, 15) is 15.0 Å². The molecule has 7 heteroatoms. The van der Waals surface area contributed by atoms with E-state index >= 15 is 0 Å². The Bertz CT molecular complexity index is 706. The van der Waals surface area contributed by atoms with Crippen LogP contribution in [0.2, 0.25) is 5.02 Å². The van der Waals surface area contributed by atoms with Crippen LogP contribution in [0.1, 0.15) is 38.5 Å². The second-order valence-corrected chi connectivity index (χ2v) is 8.80. The first-order valence-electron chi connectivity index (χ1n) is 10.7. The fraction of sp³-hybridized carbons (Fsp3) is 0.609. The highest BCUT2D eigenvalue weighted by atomic mass is 35.5. The Hall–Kier alpha value is -1.60. The third kappa shape index (κ3) is 6.71. The second kappa shape index (κ2) is 11.1. The second-order valence-electron chi connectivity index (χ2n) is 8.36. The molecule has 6 nitrogen and oxygen atoms in total. The molecule has 1 aromatic carbocycles. The molecule has 6 atom stereocenters. The lowest BCUT2D eigenvalue weighted by molar-refractivity contribution is -0.137. The number of carbonyl (C=O) groups is 1. The smallest absolute Gasteiger partial charge is 0.303 e. The molecule has 0 aromatic heterocycles. The molecule has 0 spiro atoms. The van der Waals surface area contributed by atoms with Gasteiger partial charge in [-0.1, -0.05) is 23.8 Å². The first kappa shape index (κ1) is 23.1. The third-order valence-electron chi connectivity index (χ3n) is 6.14. The fourth-order valence-corrected chi connectivity index (χ4v) is 4.64. The van der Waals surface area contributed by atoms with Crippen LogP contribution in [-0.4, -0.2) is 52.8 Å². The highest BCUT2D eigenvalue weighted by Crippen LogP contribution is 2.42. The van der Waals surface area contributed by atoms with Gasteiger partial charge in [0.25, 0.3) is 0 Å². The summed E-state index contributed by atoms with van der Waals surface area (Å²) in [5, 5.41) is 30.2. The van der Waals surface area contributed by atoms with Crippen LogP contribution in [-0.2, 0) is 9.53 Å². The Morgan fingerprint density at radius 1 is 1.30 bits per heavy atom. The molecule has 1 saturated heterocycles. The van der Waals surface area contributed by atoms with Crippen molar-refractivity contribution in [1.29, 1.82) is 0 Å². The lowest BCUT2D eigenvalue weighted by Crippen LogP contribution is -2.22. The van der Waals surface area contributed by atoms with Crippen LogP contribution in [0.25, 0.3) is 0 Å². The van der Waals surface area contributed by atoms with E-state index in [0.29, 0.717) is 36.1 Å². The normalized spacial score (nSPS) is 30.0. The number of aliphatic carboxylic acids is 1. The Labute approximate surface area is 182 Å². The average Bonchev–Trinajstić information content (AvgIpc) is 2.87. The molecule has 3 rings (SSSR count). The van der Waals surface area contributed by atoms with Gasteiger partial charge in [-0.2, -0.15) is 0 Å². The molecule has 0 radical (unpaired) electrons. The summed E-state index contributed by atoms with van der Waals surface area (Å²) in [5.74, 6) is 0.408. The minimum atomic E-state index is -0.776. The number of ether oxygens (including phenoxy) is 2. The molecular weight excluding hydrogens is 408 g/mol. The largest absolute Gasteiger partial charge is 0.491 e. The van der Waals surface area contributed by atoms with E-state index in [1.165, 1.54) is 0 Å². The highest BCUT2D eigenvalue weighted by Gasteiger charge is 2.43. The molecule has 2 fully saturated rings. The Morgan fingerprint density at radius 3 is 2.80 bits per heavy atom. The van der Waals surface area contributed by atoms with Crippen molar-refractivity contribution in [3.05, 3.63) is 41.4 Å². The zero-order valence-electron chi connectivity index (χ0n) is 17.0. The molecule has 1 saturated carbocycles. The SMILES string of the molecule is O=C(O)CCC[C@H]1CC[C@@H]2[C@@H](C=C[C@@H](O)COc3ccc(Cl)cc3)[C@H](O)C[C@@H]2OC1. The van der Waals surface area contributed by atoms with Crippen LogP contribution in [0.15, 0.2) is 36.4 Å². The minimum Gasteiger partial charge on any atom is -0.491 e. The maximum Gasteiger partial charge on any atom is 0.303 e. The van der Waals surface area contributed by atoms with E-state index in [4.69, 9.17) is 26.2 Å². The molecule has 0 bridgehead atoms. The average molecular weight is 439 g/mol. The van der Waals surface area contributed by atoms with Gasteiger partial charge in [0.1, 0.15) is 18.5 Å². The van der Waals surface area contributed by atoms with E-state index < -0.39 is 18.2 Å². The van der Waals surface area contributed by atoms with Gasteiger partial charge in [0.2, 0.25) is 0 Å². The number of carboxylic acid groups (broad SMARTS) is 1. The number of halogens is 1. The van der Waals surface area contributed by atoms with Gasteiger partial charge in [-0.3, -0.25) is 4.79 Å². The maximum atomic E-state index is 10.7. The van der Waals surface area contributed by atoms with Crippen molar-refractivity contribution in [3.63, 3.8) is 0 Å². The zero-order valence-corrected chi connectivity index (χ0v) is 17.8. The van der Waals surface area contributed by atoms with E-state index in [2.05, 4.69) is 0 Å². The van der Waals surface area contributed by atoms with Crippen LogP contribution in [0.5, 0.6) is 5.75 Å². The molecule has 2 aliphatic rings. The number of aliphatic hydroxyl groups excluding tert-OH is 2. The van der Waals surface area contributed by atoms with E-state index in [1.54, 1.807) is 30.3 Å². The van der Waals surface area contributed by atoms with Gasteiger partial charge in [0, 0.05) is 30.4 Å². The first-order valence-corrected chi connectivity index (χ1v) is 11.1. The quantitative estimate of drug-likeness (QED) is 0.509. The number of rotatable bonds is 9.